The molecule has 0 bridgehead atoms. The SMILES string of the molecule is [2H]CF.c1ccc(-n2c3ccccc3c3ccc4c5ccccc5[nH]c4c32)cc1.c1ccc(-n2c3ccccc3c3ccc4c5ccccc5n(-c5ccccc5)c4c32)cc1.c1ccc2c(c1)[nH]c1c2ccc2c3ccccc3[nH]c21. The van der Waals surface area contributed by atoms with E-state index in [1.54, 1.807) is 0 Å². The highest BCUT2D eigenvalue weighted by molar-refractivity contribution is 6.25. The van der Waals surface area contributed by atoms with Crippen molar-refractivity contribution in [2.45, 2.75) is 0 Å². The van der Waals surface area contributed by atoms with Gasteiger partial charge in [0.2, 0.25) is 0 Å². The average Bonchev–Trinajstić information content (AvgIpc) is 3.13. The minimum absolute atomic E-state index is 1.00. The number of para-hydroxylation sites is 9. The van der Waals surface area contributed by atoms with Crippen molar-refractivity contribution in [2.24, 2.45) is 0 Å². The molecule has 0 unspecified atom stereocenters. The smallest absolute Gasteiger partial charge is 0.0788 e. The number of halogens is 1. The summed E-state index contributed by atoms with van der Waals surface area (Å²) in [5.74, 6) is 0. The minimum Gasteiger partial charge on any atom is -0.353 e. The number of fused-ring (bicyclic) bond motifs is 21. The largest absolute Gasteiger partial charge is 0.353 e. The van der Waals surface area contributed by atoms with Crippen LogP contribution in [0.25, 0.3) is 148 Å². The van der Waals surface area contributed by atoms with E-state index in [1.165, 1.54) is 148 Å². The van der Waals surface area contributed by atoms with Crippen LogP contribution in [0.1, 0.15) is 1.37 Å². The highest BCUT2D eigenvalue weighted by Gasteiger charge is 2.22. The van der Waals surface area contributed by atoms with E-state index < -0.39 is 7.15 Å². The lowest BCUT2D eigenvalue weighted by Crippen LogP contribution is -1.98. The van der Waals surface area contributed by atoms with Crippen molar-refractivity contribution in [3.8, 4) is 17.1 Å². The normalized spacial score (nSPS) is 11.8. The number of H-pyrrole nitrogens is 3. The van der Waals surface area contributed by atoms with Gasteiger partial charge in [0.15, 0.2) is 0 Å². The highest BCUT2D eigenvalue weighted by Crippen LogP contribution is 2.43. The molecule has 0 aliphatic rings. The fraction of sp³-hybridized carbons (Fsp3) is 0.0137. The number of hydrogen-bond acceptors (Lipinski definition) is 0. The Bertz CT molecular complexity index is 5130. The molecule has 0 amide bonds. The van der Waals surface area contributed by atoms with E-state index in [0.717, 1.165) is 0 Å². The Kier molecular flexibility index (Phi) is 10.9. The number of hydrogen-bond donors (Lipinski definition) is 3. The number of alkyl halides is 1. The number of rotatable bonds is 3. The number of nitrogens with zero attached hydrogens (tertiary/aromatic N) is 3. The molecule has 18 aromatic rings. The van der Waals surface area contributed by atoms with Crippen LogP contribution in [0.15, 0.2) is 273 Å². The zero-order valence-electron chi connectivity index (χ0n) is 44.4. The van der Waals surface area contributed by atoms with Gasteiger partial charge in [0.05, 0.1) is 58.2 Å². The van der Waals surface area contributed by atoms with Crippen LogP contribution in [0.5, 0.6) is 0 Å². The lowest BCUT2D eigenvalue weighted by atomic mass is 10.1. The maximum atomic E-state index is 9.96. The summed E-state index contributed by atoms with van der Waals surface area (Å²) in [7, 11) is -1.00. The summed E-state index contributed by atoms with van der Waals surface area (Å²) in [5, 5.41) is 15.3. The van der Waals surface area contributed by atoms with Gasteiger partial charge in [0, 0.05) is 98.2 Å². The third-order valence-corrected chi connectivity index (χ3v) is 16.0. The molecule has 0 saturated heterocycles. The van der Waals surface area contributed by atoms with Gasteiger partial charge in [-0.1, -0.05) is 200 Å². The Morgan fingerprint density at radius 2 is 0.500 bits per heavy atom. The van der Waals surface area contributed by atoms with Gasteiger partial charge < -0.3 is 28.7 Å². The highest BCUT2D eigenvalue weighted by atomic mass is 19.1. The van der Waals surface area contributed by atoms with E-state index in [0.29, 0.717) is 0 Å². The molecule has 0 saturated carbocycles. The number of aromatic amines is 3. The first-order valence-electron chi connectivity index (χ1n) is 27.7. The lowest BCUT2D eigenvalue weighted by molar-refractivity contribution is 0.636. The van der Waals surface area contributed by atoms with Crippen molar-refractivity contribution in [2.75, 3.05) is 7.15 Å². The Balaban J connectivity index is 0.000000104. The molecule has 0 fully saturated rings. The quantitative estimate of drug-likeness (QED) is 0.158. The molecule has 6 heterocycles. The first kappa shape index (κ1) is 45.6. The first-order valence-corrected chi connectivity index (χ1v) is 27.0. The molecule has 0 atom stereocenters. The molecule has 6 aromatic heterocycles. The van der Waals surface area contributed by atoms with Crippen LogP contribution in [-0.4, -0.2) is 35.8 Å². The Labute approximate surface area is 460 Å². The predicted octanol–water partition coefficient (Wildman–Crippen LogP) is 19.8. The predicted molar refractivity (Wildman–Crippen MR) is 337 cm³/mol. The molecule has 0 radical (unpaired) electrons. The summed E-state index contributed by atoms with van der Waals surface area (Å²) in [6.07, 6.45) is 0. The van der Waals surface area contributed by atoms with Crippen LogP contribution in [0.3, 0.4) is 0 Å². The van der Waals surface area contributed by atoms with E-state index in [-0.39, 0.29) is 0 Å². The van der Waals surface area contributed by atoms with E-state index in [1.807, 2.05) is 0 Å². The van der Waals surface area contributed by atoms with Crippen molar-refractivity contribution >= 4 is 131 Å². The average molecular weight is 1030 g/mol. The number of aromatic nitrogens is 6. The van der Waals surface area contributed by atoms with Gasteiger partial charge in [-0.15, -0.1) is 0 Å². The molecule has 7 heteroatoms. The van der Waals surface area contributed by atoms with Gasteiger partial charge in [0.1, 0.15) is 0 Å². The molecule has 80 heavy (non-hydrogen) atoms. The summed E-state index contributed by atoms with van der Waals surface area (Å²) in [6.45, 7) is 0. The van der Waals surface area contributed by atoms with Gasteiger partial charge in [-0.3, -0.25) is 4.39 Å². The number of nitrogens with one attached hydrogen (secondary N) is 3. The summed E-state index contributed by atoms with van der Waals surface area (Å²) in [4.78, 5) is 10.8. The van der Waals surface area contributed by atoms with Gasteiger partial charge in [-0.05, 0) is 72.8 Å². The molecule has 0 aliphatic carbocycles. The van der Waals surface area contributed by atoms with Crippen LogP contribution in [-0.2, 0) is 0 Å². The summed E-state index contributed by atoms with van der Waals surface area (Å²) < 4.78 is 22.7. The summed E-state index contributed by atoms with van der Waals surface area (Å²) >= 11 is 0. The van der Waals surface area contributed by atoms with Gasteiger partial charge >= 0.3 is 0 Å². The molecule has 0 spiro atoms. The fourth-order valence-corrected chi connectivity index (χ4v) is 12.6. The summed E-state index contributed by atoms with van der Waals surface area (Å²) in [5.41, 5.74) is 18.1. The van der Waals surface area contributed by atoms with Crippen molar-refractivity contribution < 1.29 is 5.76 Å². The third-order valence-electron chi connectivity index (χ3n) is 16.0. The molecule has 3 N–H and O–H groups in total. The summed E-state index contributed by atoms with van der Waals surface area (Å²) in [6, 6.07) is 97.1. The molecule has 6 nitrogen and oxygen atoms in total. The second kappa shape index (κ2) is 19.1. The lowest BCUT2D eigenvalue weighted by Gasteiger charge is -2.12. The van der Waals surface area contributed by atoms with Crippen molar-refractivity contribution in [3.63, 3.8) is 0 Å². The topological polar surface area (TPSA) is 62.2 Å². The maximum absolute atomic E-state index is 9.96. The molecule has 18 rings (SSSR count). The van der Waals surface area contributed by atoms with Gasteiger partial charge in [-0.25, -0.2) is 0 Å². The zero-order valence-corrected chi connectivity index (χ0v) is 43.4. The molecular formula is C73H51FN6. The van der Waals surface area contributed by atoms with Crippen LogP contribution < -0.4 is 0 Å². The molecular weight excluding hydrogens is 980 g/mol. The Morgan fingerprint density at radius 3 is 0.863 bits per heavy atom. The van der Waals surface area contributed by atoms with Crippen LogP contribution in [0, 0.1) is 0 Å². The minimum atomic E-state index is -1.00. The Morgan fingerprint density at radius 1 is 0.250 bits per heavy atom. The second-order valence-corrected chi connectivity index (χ2v) is 20.2. The monoisotopic (exact) mass is 1030 g/mol. The molecule has 380 valence electrons. The third kappa shape index (κ3) is 7.25. The van der Waals surface area contributed by atoms with Gasteiger partial charge in [0.25, 0.3) is 0 Å². The van der Waals surface area contributed by atoms with Crippen LogP contribution >= 0.6 is 0 Å². The van der Waals surface area contributed by atoms with Gasteiger partial charge in [-0.2, -0.15) is 0 Å². The van der Waals surface area contributed by atoms with E-state index in [4.69, 9.17) is 1.37 Å². The second-order valence-electron chi connectivity index (χ2n) is 20.2. The van der Waals surface area contributed by atoms with E-state index in [9.17, 15) is 4.39 Å². The van der Waals surface area contributed by atoms with E-state index in [2.05, 4.69) is 302 Å². The Hall–Kier alpha value is -10.6. The maximum Gasteiger partial charge on any atom is 0.0788 e. The first-order chi connectivity index (χ1) is 40.2. The number of benzene rings is 12. The van der Waals surface area contributed by atoms with Crippen molar-refractivity contribution in [1.29, 1.82) is 0 Å². The standard InChI is InChI=1S/C30H20N2.C24H16N2.C18H12N2.CH3F/c1-3-11-21(12-4-1)31-27-17-9-7-15-23(27)25-19-20-26-24-16-8-10-18-28(24)32(30(26)29(25)31)22-13-5-2-6-14-22;1-2-8-16(9-3-1)26-22-13-7-5-11-18(22)20-15-14-19-17-10-4-6-12-21(17)25-23(19)24(20)26;1-3-7-15-11(5-1)13-9-10-14-12-6-2-4-8-16(12)20-18(14)17(13)19-15;1-2/h1-20H;1-15,25H;1-10,19-20H;1H3/i;;;1D. The van der Waals surface area contributed by atoms with Crippen LogP contribution in [0.2, 0.25) is 0 Å². The van der Waals surface area contributed by atoms with Crippen molar-refractivity contribution in [3.05, 3.63) is 273 Å². The molecule has 12 aromatic carbocycles. The zero-order chi connectivity index (χ0) is 54.0. The van der Waals surface area contributed by atoms with E-state index >= 15 is 0 Å². The van der Waals surface area contributed by atoms with Crippen LogP contribution in [0.4, 0.5) is 4.39 Å². The fourth-order valence-electron chi connectivity index (χ4n) is 12.6. The molecule has 0 aliphatic heterocycles. The van der Waals surface area contributed by atoms with Crippen molar-refractivity contribution in [1.82, 2.24) is 28.7 Å².